The van der Waals surface area contributed by atoms with Crippen molar-refractivity contribution >= 4 is 0 Å². The summed E-state index contributed by atoms with van der Waals surface area (Å²) in [6, 6.07) is 11.3. The lowest BCUT2D eigenvalue weighted by atomic mass is 9.89. The van der Waals surface area contributed by atoms with E-state index in [9.17, 15) is 5.11 Å². The Labute approximate surface area is 110 Å². The van der Waals surface area contributed by atoms with E-state index in [2.05, 4.69) is 35.2 Å². The SMILES string of the molecule is CC(O)C1(C2CCCN2Cc2ccccc2)CC1. The highest BCUT2D eigenvalue weighted by molar-refractivity contribution is 5.16. The van der Waals surface area contributed by atoms with Crippen LogP contribution in [-0.4, -0.2) is 28.7 Å². The molecule has 1 aliphatic carbocycles. The third-order valence-electron chi connectivity index (χ3n) is 4.92. The summed E-state index contributed by atoms with van der Waals surface area (Å²) in [4.78, 5) is 2.59. The molecule has 3 rings (SSSR count). The number of hydrogen-bond acceptors (Lipinski definition) is 2. The van der Waals surface area contributed by atoms with E-state index in [1.165, 1.54) is 37.8 Å². The number of hydrogen-bond donors (Lipinski definition) is 1. The van der Waals surface area contributed by atoms with E-state index in [0.29, 0.717) is 6.04 Å². The van der Waals surface area contributed by atoms with Gasteiger partial charge in [-0.2, -0.15) is 0 Å². The number of benzene rings is 1. The molecule has 0 bridgehead atoms. The zero-order valence-corrected chi connectivity index (χ0v) is 11.2. The van der Waals surface area contributed by atoms with Crippen LogP contribution in [0.3, 0.4) is 0 Å². The topological polar surface area (TPSA) is 23.5 Å². The number of likely N-dealkylation sites (tertiary alicyclic amines) is 1. The first-order chi connectivity index (χ1) is 8.72. The van der Waals surface area contributed by atoms with E-state index in [0.717, 1.165) is 6.54 Å². The predicted octanol–water partition coefficient (Wildman–Crippen LogP) is 2.81. The molecule has 1 aromatic carbocycles. The standard InChI is InChI=1S/C16H23NO/c1-13(18)16(9-10-16)15-8-5-11-17(15)12-14-6-3-2-4-7-14/h2-4,6-7,13,15,18H,5,8-12H2,1H3. The minimum absolute atomic E-state index is 0.154. The van der Waals surface area contributed by atoms with Gasteiger partial charge in [0, 0.05) is 18.0 Å². The summed E-state index contributed by atoms with van der Waals surface area (Å²) >= 11 is 0. The van der Waals surface area contributed by atoms with Gasteiger partial charge in [-0.3, -0.25) is 4.90 Å². The lowest BCUT2D eigenvalue weighted by Gasteiger charge is -2.34. The van der Waals surface area contributed by atoms with Crippen LogP contribution in [0.2, 0.25) is 0 Å². The fraction of sp³-hybridized carbons (Fsp3) is 0.625. The minimum atomic E-state index is -0.154. The highest BCUT2D eigenvalue weighted by atomic mass is 16.3. The van der Waals surface area contributed by atoms with Crippen LogP contribution >= 0.6 is 0 Å². The molecule has 2 unspecified atom stereocenters. The third-order valence-corrected chi connectivity index (χ3v) is 4.92. The van der Waals surface area contributed by atoms with Crippen LogP contribution in [0.1, 0.15) is 38.2 Å². The quantitative estimate of drug-likeness (QED) is 0.881. The van der Waals surface area contributed by atoms with Gasteiger partial charge < -0.3 is 5.11 Å². The number of aliphatic hydroxyl groups excluding tert-OH is 1. The van der Waals surface area contributed by atoms with Crippen LogP contribution in [0.5, 0.6) is 0 Å². The van der Waals surface area contributed by atoms with Crippen molar-refractivity contribution in [3.05, 3.63) is 35.9 Å². The molecular formula is C16H23NO. The van der Waals surface area contributed by atoms with Gasteiger partial charge in [0.05, 0.1) is 6.10 Å². The van der Waals surface area contributed by atoms with E-state index in [1.807, 2.05) is 6.92 Å². The van der Waals surface area contributed by atoms with Gasteiger partial charge in [0.15, 0.2) is 0 Å². The molecule has 1 aliphatic heterocycles. The molecule has 1 saturated carbocycles. The van der Waals surface area contributed by atoms with Gasteiger partial charge in [-0.1, -0.05) is 30.3 Å². The molecule has 2 heteroatoms. The van der Waals surface area contributed by atoms with E-state index < -0.39 is 0 Å². The van der Waals surface area contributed by atoms with Crippen LogP contribution in [0, 0.1) is 5.41 Å². The van der Waals surface area contributed by atoms with Gasteiger partial charge in [0.1, 0.15) is 0 Å². The molecule has 1 saturated heterocycles. The van der Waals surface area contributed by atoms with Crippen LogP contribution in [0.4, 0.5) is 0 Å². The molecule has 2 atom stereocenters. The van der Waals surface area contributed by atoms with Crippen molar-refractivity contribution in [3.63, 3.8) is 0 Å². The molecule has 0 spiro atoms. The molecule has 1 aromatic rings. The number of aliphatic hydroxyl groups is 1. The summed E-state index contributed by atoms with van der Waals surface area (Å²) in [5, 5.41) is 10.1. The first kappa shape index (κ1) is 12.2. The summed E-state index contributed by atoms with van der Waals surface area (Å²) in [6.07, 6.45) is 4.81. The molecule has 1 heterocycles. The van der Waals surface area contributed by atoms with E-state index in [4.69, 9.17) is 0 Å². The van der Waals surface area contributed by atoms with Gasteiger partial charge in [0.25, 0.3) is 0 Å². The molecule has 2 nitrogen and oxygen atoms in total. The summed E-state index contributed by atoms with van der Waals surface area (Å²) < 4.78 is 0. The van der Waals surface area contributed by atoms with Crippen molar-refractivity contribution in [3.8, 4) is 0 Å². The van der Waals surface area contributed by atoms with Crippen molar-refractivity contribution in [1.82, 2.24) is 4.90 Å². The number of rotatable bonds is 4. The van der Waals surface area contributed by atoms with Crippen LogP contribution in [-0.2, 0) is 6.54 Å². The molecule has 98 valence electrons. The Hall–Kier alpha value is -0.860. The van der Waals surface area contributed by atoms with Crippen LogP contribution in [0.25, 0.3) is 0 Å². The molecule has 0 aromatic heterocycles. The third kappa shape index (κ3) is 2.08. The van der Waals surface area contributed by atoms with Gasteiger partial charge in [-0.05, 0) is 44.7 Å². The van der Waals surface area contributed by atoms with Crippen LogP contribution < -0.4 is 0 Å². The van der Waals surface area contributed by atoms with Crippen LogP contribution in [0.15, 0.2) is 30.3 Å². The molecule has 2 fully saturated rings. The van der Waals surface area contributed by atoms with Crippen molar-refractivity contribution in [1.29, 1.82) is 0 Å². The Balaban J connectivity index is 1.72. The second-order valence-electron chi connectivity index (χ2n) is 6.02. The van der Waals surface area contributed by atoms with Gasteiger partial charge in [-0.25, -0.2) is 0 Å². The Morgan fingerprint density at radius 1 is 1.33 bits per heavy atom. The highest BCUT2D eigenvalue weighted by Crippen LogP contribution is 2.55. The van der Waals surface area contributed by atoms with Gasteiger partial charge in [-0.15, -0.1) is 0 Å². The van der Waals surface area contributed by atoms with E-state index >= 15 is 0 Å². The molecule has 1 N–H and O–H groups in total. The molecule has 18 heavy (non-hydrogen) atoms. The van der Waals surface area contributed by atoms with Gasteiger partial charge in [0.2, 0.25) is 0 Å². The highest BCUT2D eigenvalue weighted by Gasteiger charge is 2.55. The first-order valence-electron chi connectivity index (χ1n) is 7.18. The Bertz CT molecular complexity index is 397. The second-order valence-corrected chi connectivity index (χ2v) is 6.02. The fourth-order valence-electron chi connectivity index (χ4n) is 3.66. The maximum Gasteiger partial charge on any atom is 0.0583 e. The summed E-state index contributed by atoms with van der Waals surface area (Å²) in [7, 11) is 0. The summed E-state index contributed by atoms with van der Waals surface area (Å²) in [6.45, 7) is 4.21. The monoisotopic (exact) mass is 245 g/mol. The maximum atomic E-state index is 10.1. The lowest BCUT2D eigenvalue weighted by molar-refractivity contribution is 0.0444. The van der Waals surface area contributed by atoms with Crippen molar-refractivity contribution in [2.24, 2.45) is 5.41 Å². The van der Waals surface area contributed by atoms with E-state index in [-0.39, 0.29) is 11.5 Å². The minimum Gasteiger partial charge on any atom is -0.393 e. The summed E-state index contributed by atoms with van der Waals surface area (Å²) in [5.41, 5.74) is 1.61. The fourth-order valence-corrected chi connectivity index (χ4v) is 3.66. The predicted molar refractivity (Wildman–Crippen MR) is 73.2 cm³/mol. The second kappa shape index (κ2) is 4.67. The zero-order chi connectivity index (χ0) is 12.6. The first-order valence-corrected chi connectivity index (χ1v) is 7.18. The zero-order valence-electron chi connectivity index (χ0n) is 11.2. The average Bonchev–Trinajstić information content (AvgIpc) is 3.06. The lowest BCUT2D eigenvalue weighted by Crippen LogP contribution is -2.41. The Morgan fingerprint density at radius 3 is 2.67 bits per heavy atom. The largest absolute Gasteiger partial charge is 0.393 e. The smallest absolute Gasteiger partial charge is 0.0583 e. The molecular weight excluding hydrogens is 222 g/mol. The van der Waals surface area contributed by atoms with Gasteiger partial charge >= 0.3 is 0 Å². The molecule has 2 aliphatic rings. The van der Waals surface area contributed by atoms with E-state index in [1.54, 1.807) is 0 Å². The Kier molecular flexibility index (Phi) is 3.16. The average molecular weight is 245 g/mol. The normalized spacial score (nSPS) is 28.2. The Morgan fingerprint density at radius 2 is 2.06 bits per heavy atom. The van der Waals surface area contributed by atoms with Crippen molar-refractivity contribution < 1.29 is 5.11 Å². The number of nitrogens with zero attached hydrogens (tertiary/aromatic N) is 1. The van der Waals surface area contributed by atoms with Crippen molar-refractivity contribution in [2.45, 2.75) is 51.3 Å². The summed E-state index contributed by atoms with van der Waals surface area (Å²) in [5.74, 6) is 0. The molecule has 0 amide bonds. The van der Waals surface area contributed by atoms with Crippen molar-refractivity contribution in [2.75, 3.05) is 6.54 Å². The maximum absolute atomic E-state index is 10.1. The molecule has 0 radical (unpaired) electrons.